The highest BCUT2D eigenvalue weighted by Crippen LogP contribution is 2.45. The summed E-state index contributed by atoms with van der Waals surface area (Å²) in [7, 11) is 0. The summed E-state index contributed by atoms with van der Waals surface area (Å²) in [6, 6.07) is 2.50. The number of carbonyl (C=O) groups excluding carboxylic acids is 2. The van der Waals surface area contributed by atoms with Crippen molar-refractivity contribution in [1.82, 2.24) is 10.2 Å². The Kier molecular flexibility index (Phi) is 5.91. The van der Waals surface area contributed by atoms with Gasteiger partial charge in [0.2, 0.25) is 5.91 Å². The van der Waals surface area contributed by atoms with Gasteiger partial charge in [-0.15, -0.1) is 0 Å². The standard InChI is InChI=1S/C20H18F8N2O3/c1-17(2)12(9-29-16(32)18(21,22)20(26,27)28)15(30-7-3-4-14(30)31)11-8-10(19(23,24)25)5-6-13(11)33-17/h5-6,8H,3-4,7,9H2,1-2H3,(H,29,32). The number of halogens is 8. The largest absolute Gasteiger partial charge is 0.483 e. The molecule has 0 radical (unpaired) electrons. The van der Waals surface area contributed by atoms with Gasteiger partial charge < -0.3 is 15.0 Å². The summed E-state index contributed by atoms with van der Waals surface area (Å²) in [5, 5.41) is 1.49. The molecule has 2 aliphatic heterocycles. The first-order chi connectivity index (χ1) is 15.0. The summed E-state index contributed by atoms with van der Waals surface area (Å²) >= 11 is 0. The number of fused-ring (bicyclic) bond motifs is 1. The van der Waals surface area contributed by atoms with Gasteiger partial charge in [-0.25, -0.2) is 0 Å². The normalized spacial score (nSPS) is 18.8. The van der Waals surface area contributed by atoms with Crippen LogP contribution in [0.5, 0.6) is 5.75 Å². The molecule has 33 heavy (non-hydrogen) atoms. The number of hydrogen-bond acceptors (Lipinski definition) is 3. The van der Waals surface area contributed by atoms with E-state index in [0.29, 0.717) is 12.5 Å². The minimum atomic E-state index is -6.15. The Labute approximate surface area is 182 Å². The molecular weight excluding hydrogens is 468 g/mol. The summed E-state index contributed by atoms with van der Waals surface area (Å²) in [6.07, 6.45) is -10.5. The predicted molar refractivity (Wildman–Crippen MR) is 98.0 cm³/mol. The third kappa shape index (κ3) is 4.49. The van der Waals surface area contributed by atoms with E-state index in [1.54, 1.807) is 0 Å². The molecule has 5 nitrogen and oxygen atoms in total. The second-order valence-electron chi connectivity index (χ2n) is 8.05. The number of hydrogen-bond donors (Lipinski definition) is 1. The van der Waals surface area contributed by atoms with Crippen LogP contribution >= 0.6 is 0 Å². The number of nitrogens with one attached hydrogen (secondary N) is 1. The van der Waals surface area contributed by atoms with Crippen LogP contribution < -0.4 is 10.1 Å². The number of carbonyl (C=O) groups is 2. The van der Waals surface area contributed by atoms with Gasteiger partial charge in [-0.1, -0.05) is 0 Å². The van der Waals surface area contributed by atoms with E-state index in [0.717, 1.165) is 17.0 Å². The maximum atomic E-state index is 13.4. The van der Waals surface area contributed by atoms with Crippen molar-refractivity contribution in [2.24, 2.45) is 0 Å². The average molecular weight is 486 g/mol. The predicted octanol–water partition coefficient (Wildman–Crippen LogP) is 4.52. The van der Waals surface area contributed by atoms with Crippen LogP contribution in [-0.2, 0) is 15.8 Å². The molecule has 3 rings (SSSR count). The second-order valence-corrected chi connectivity index (χ2v) is 8.05. The Hall–Kier alpha value is -2.86. The van der Waals surface area contributed by atoms with E-state index >= 15 is 0 Å². The Bertz CT molecular complexity index is 1010. The van der Waals surface area contributed by atoms with Gasteiger partial charge in [0, 0.05) is 30.6 Å². The molecule has 2 amide bonds. The topological polar surface area (TPSA) is 58.6 Å². The zero-order valence-corrected chi connectivity index (χ0v) is 17.3. The van der Waals surface area contributed by atoms with Crippen molar-refractivity contribution < 1.29 is 49.4 Å². The first-order valence-electron chi connectivity index (χ1n) is 9.64. The van der Waals surface area contributed by atoms with E-state index in [9.17, 15) is 44.7 Å². The molecule has 0 spiro atoms. The SMILES string of the molecule is CC1(C)Oc2ccc(C(F)(F)F)cc2C(N2CCCC2=O)=C1CNC(=O)C(F)(F)C(F)(F)F. The van der Waals surface area contributed by atoms with E-state index < -0.39 is 47.8 Å². The smallest absolute Gasteiger partial charge is 0.463 e. The van der Waals surface area contributed by atoms with Crippen molar-refractivity contribution in [2.75, 3.05) is 13.1 Å². The van der Waals surface area contributed by atoms with Crippen LogP contribution in [0.1, 0.15) is 37.8 Å². The fourth-order valence-corrected chi connectivity index (χ4v) is 3.66. The van der Waals surface area contributed by atoms with Gasteiger partial charge >= 0.3 is 24.2 Å². The van der Waals surface area contributed by atoms with Gasteiger partial charge in [-0.05, 0) is 38.5 Å². The summed E-state index contributed by atoms with van der Waals surface area (Å²) in [5.74, 6) is -8.85. The Morgan fingerprint density at radius 1 is 1.12 bits per heavy atom. The lowest BCUT2D eigenvalue weighted by Crippen LogP contribution is -2.52. The fourth-order valence-electron chi connectivity index (χ4n) is 3.66. The third-order valence-electron chi connectivity index (χ3n) is 5.35. The molecule has 0 atom stereocenters. The lowest BCUT2D eigenvalue weighted by Gasteiger charge is -2.40. The molecular formula is C20H18F8N2O3. The lowest BCUT2D eigenvalue weighted by atomic mass is 9.88. The van der Waals surface area contributed by atoms with Crippen LogP contribution in [0.2, 0.25) is 0 Å². The van der Waals surface area contributed by atoms with Crippen molar-refractivity contribution in [1.29, 1.82) is 0 Å². The minimum absolute atomic E-state index is 0.0432. The maximum Gasteiger partial charge on any atom is 0.463 e. The summed E-state index contributed by atoms with van der Waals surface area (Å²) in [4.78, 5) is 25.2. The van der Waals surface area contributed by atoms with Crippen LogP contribution in [-0.4, -0.2) is 47.5 Å². The summed E-state index contributed by atoms with van der Waals surface area (Å²) in [5.41, 5.74) is -2.99. The van der Waals surface area contributed by atoms with Crippen molar-refractivity contribution in [3.63, 3.8) is 0 Å². The zero-order valence-electron chi connectivity index (χ0n) is 17.3. The van der Waals surface area contributed by atoms with Crippen LogP contribution in [0.25, 0.3) is 5.70 Å². The van der Waals surface area contributed by atoms with E-state index in [4.69, 9.17) is 4.74 Å². The Balaban J connectivity index is 2.13. The quantitative estimate of drug-likeness (QED) is 0.637. The molecule has 1 aromatic rings. The number of likely N-dealkylation sites (tertiary alicyclic amines) is 1. The zero-order chi connectivity index (χ0) is 25.0. The number of rotatable bonds is 4. The van der Waals surface area contributed by atoms with Crippen LogP contribution in [0.3, 0.4) is 0 Å². The van der Waals surface area contributed by atoms with Crippen molar-refractivity contribution >= 4 is 17.5 Å². The minimum Gasteiger partial charge on any atom is -0.483 e. The van der Waals surface area contributed by atoms with Crippen LogP contribution in [0.15, 0.2) is 23.8 Å². The first-order valence-corrected chi connectivity index (χ1v) is 9.64. The molecule has 2 heterocycles. The molecule has 0 bridgehead atoms. The highest BCUT2D eigenvalue weighted by atomic mass is 19.4. The van der Waals surface area contributed by atoms with Crippen molar-refractivity contribution in [3.05, 3.63) is 34.9 Å². The second kappa shape index (κ2) is 7.87. The number of amides is 2. The molecule has 0 aliphatic carbocycles. The summed E-state index contributed by atoms with van der Waals surface area (Å²) < 4.78 is 110. The molecule has 0 aromatic heterocycles. The molecule has 1 N–H and O–H groups in total. The molecule has 13 heteroatoms. The monoisotopic (exact) mass is 486 g/mol. The number of alkyl halides is 8. The lowest BCUT2D eigenvalue weighted by molar-refractivity contribution is -0.269. The van der Waals surface area contributed by atoms with Gasteiger partial charge in [-0.2, -0.15) is 35.1 Å². The third-order valence-corrected chi connectivity index (χ3v) is 5.35. The summed E-state index contributed by atoms with van der Waals surface area (Å²) in [6.45, 7) is 1.93. The average Bonchev–Trinajstić information content (AvgIpc) is 3.08. The van der Waals surface area contributed by atoms with Crippen LogP contribution in [0.4, 0.5) is 35.1 Å². The van der Waals surface area contributed by atoms with E-state index in [-0.39, 0.29) is 35.5 Å². The van der Waals surface area contributed by atoms with E-state index in [2.05, 4.69) is 0 Å². The van der Waals surface area contributed by atoms with Gasteiger partial charge in [0.1, 0.15) is 11.4 Å². The molecule has 1 aromatic carbocycles. The van der Waals surface area contributed by atoms with Gasteiger partial charge in [0.25, 0.3) is 0 Å². The molecule has 0 saturated carbocycles. The molecule has 1 fully saturated rings. The Morgan fingerprint density at radius 3 is 2.27 bits per heavy atom. The molecule has 1 saturated heterocycles. The molecule has 2 aliphatic rings. The highest BCUT2D eigenvalue weighted by molar-refractivity contribution is 5.92. The van der Waals surface area contributed by atoms with E-state index in [1.165, 1.54) is 19.2 Å². The first kappa shape index (κ1) is 24.8. The number of ether oxygens (including phenoxy) is 1. The number of nitrogens with zero attached hydrogens (tertiary/aromatic N) is 1. The molecule has 0 unspecified atom stereocenters. The Morgan fingerprint density at radius 2 is 1.76 bits per heavy atom. The molecule has 182 valence electrons. The van der Waals surface area contributed by atoms with Crippen molar-refractivity contribution in [3.8, 4) is 5.75 Å². The highest BCUT2D eigenvalue weighted by Gasteiger charge is 2.63. The van der Waals surface area contributed by atoms with Crippen LogP contribution in [0, 0.1) is 0 Å². The van der Waals surface area contributed by atoms with Crippen molar-refractivity contribution in [2.45, 2.75) is 50.6 Å². The maximum absolute atomic E-state index is 13.4. The fraction of sp³-hybridized carbons (Fsp3) is 0.500. The number of benzene rings is 1. The van der Waals surface area contributed by atoms with Gasteiger partial charge in [-0.3, -0.25) is 9.59 Å². The van der Waals surface area contributed by atoms with E-state index in [1.807, 2.05) is 0 Å². The van der Waals surface area contributed by atoms with Gasteiger partial charge in [0.15, 0.2) is 0 Å². The van der Waals surface area contributed by atoms with Gasteiger partial charge in [0.05, 0.1) is 11.3 Å².